The average Bonchev–Trinajstić information content (AvgIpc) is 4.00. The normalized spacial score (nSPS) is 11.8. The Balaban J connectivity index is 1.15. The van der Waals surface area contributed by atoms with Gasteiger partial charge in [0.2, 0.25) is 0 Å². The summed E-state index contributed by atoms with van der Waals surface area (Å²) in [6.07, 6.45) is 0. The fourth-order valence-corrected chi connectivity index (χ4v) is 9.78. The second-order valence-corrected chi connectivity index (χ2v) is 16.0. The summed E-state index contributed by atoms with van der Waals surface area (Å²) in [4.78, 5) is 15.5. The lowest BCUT2D eigenvalue weighted by atomic mass is 10.1. The first-order valence-corrected chi connectivity index (χ1v) is 21.3. The van der Waals surface area contributed by atoms with Crippen molar-refractivity contribution >= 4 is 65.4 Å². The van der Waals surface area contributed by atoms with Gasteiger partial charge in [-0.05, 0) is 60.7 Å². The van der Waals surface area contributed by atoms with Crippen molar-refractivity contribution in [2.24, 2.45) is 0 Å². The van der Waals surface area contributed by atoms with Crippen LogP contribution in [0.15, 0.2) is 218 Å². The van der Waals surface area contributed by atoms with Gasteiger partial charge in [0.25, 0.3) is 0 Å². The Bertz CT molecular complexity index is 3830. The summed E-state index contributed by atoms with van der Waals surface area (Å²) >= 11 is 0. The Morgan fingerprint density at radius 1 is 0.270 bits per heavy atom. The Morgan fingerprint density at radius 3 is 1.40 bits per heavy atom. The molecule has 0 aliphatic carbocycles. The Hall–Kier alpha value is -8.61. The number of hydrogen-bond donors (Lipinski definition) is 0. The summed E-state index contributed by atoms with van der Waals surface area (Å²) in [6.45, 7) is 0. The smallest absolute Gasteiger partial charge is 0.166 e. The van der Waals surface area contributed by atoms with Gasteiger partial charge in [-0.25, -0.2) is 15.0 Å². The van der Waals surface area contributed by atoms with Crippen LogP contribution in [0.25, 0.3) is 117 Å². The molecule has 0 unspecified atom stereocenters. The van der Waals surface area contributed by atoms with Gasteiger partial charge in [0, 0.05) is 66.1 Å². The summed E-state index contributed by atoms with van der Waals surface area (Å²) in [5.41, 5.74) is 12.8. The van der Waals surface area contributed by atoms with Crippen LogP contribution < -0.4 is 0 Å². The quantitative estimate of drug-likeness (QED) is 0.168. The molecule has 0 radical (unpaired) electrons. The predicted molar refractivity (Wildman–Crippen MR) is 259 cm³/mol. The van der Waals surface area contributed by atoms with E-state index in [0.29, 0.717) is 17.5 Å². The van der Waals surface area contributed by atoms with Gasteiger partial charge in [-0.15, -0.1) is 0 Å². The number of aromatic nitrogens is 6. The maximum absolute atomic E-state index is 5.25. The molecule has 4 heterocycles. The van der Waals surface area contributed by atoms with E-state index in [-0.39, 0.29) is 0 Å². The van der Waals surface area contributed by atoms with Gasteiger partial charge in [0.1, 0.15) is 0 Å². The average molecular weight is 805 g/mol. The fraction of sp³-hybridized carbons (Fsp3) is 0. The highest BCUT2D eigenvalue weighted by Gasteiger charge is 2.25. The zero-order valence-electron chi connectivity index (χ0n) is 34.0. The number of nitrogens with zero attached hydrogens (tertiary/aromatic N) is 6. The van der Waals surface area contributed by atoms with Crippen molar-refractivity contribution in [1.29, 1.82) is 0 Å². The van der Waals surface area contributed by atoms with Crippen molar-refractivity contribution in [3.05, 3.63) is 218 Å². The summed E-state index contributed by atoms with van der Waals surface area (Å²) in [5.74, 6) is 1.87. The molecule has 0 spiro atoms. The lowest BCUT2D eigenvalue weighted by Gasteiger charge is -2.12. The molecule has 0 fully saturated rings. The summed E-state index contributed by atoms with van der Waals surface area (Å²) in [7, 11) is 0. The van der Waals surface area contributed by atoms with Crippen molar-refractivity contribution in [3.63, 3.8) is 0 Å². The molecule has 0 atom stereocenters. The molecule has 294 valence electrons. The third kappa shape index (κ3) is 5.41. The monoisotopic (exact) mass is 804 g/mol. The van der Waals surface area contributed by atoms with Crippen LogP contribution in [-0.2, 0) is 0 Å². The van der Waals surface area contributed by atoms with Gasteiger partial charge in [-0.3, -0.25) is 0 Å². The van der Waals surface area contributed by atoms with Crippen LogP contribution in [0.2, 0.25) is 0 Å². The van der Waals surface area contributed by atoms with Crippen LogP contribution in [0.3, 0.4) is 0 Å². The molecule has 0 bridgehead atoms. The molecule has 13 rings (SSSR count). The third-order valence-corrected chi connectivity index (χ3v) is 12.5. The van der Waals surface area contributed by atoms with Crippen LogP contribution in [0.4, 0.5) is 0 Å². The molecule has 9 aromatic carbocycles. The molecule has 0 N–H and O–H groups in total. The minimum Gasteiger partial charge on any atom is -0.309 e. The standard InChI is InChI=1S/C57H36N6/c1-5-18-37(19-6-1)55-58-56(38-20-7-2-8-21-38)60-57(59-55)47-29-17-28-46-52-50(62(53(46)47)40-24-11-4-12-25-40)35-34-45-43-27-14-16-31-49(43)63(54(45)52)41-32-33-44-42-26-13-15-30-48(42)61(51(44)36-41)39-22-9-3-10-23-39/h1-36H. The minimum atomic E-state index is 0.615. The number of para-hydroxylation sites is 5. The van der Waals surface area contributed by atoms with E-state index in [9.17, 15) is 0 Å². The van der Waals surface area contributed by atoms with Crippen molar-refractivity contribution < 1.29 is 0 Å². The van der Waals surface area contributed by atoms with Gasteiger partial charge in [-0.2, -0.15) is 0 Å². The van der Waals surface area contributed by atoms with Crippen molar-refractivity contribution in [3.8, 4) is 51.2 Å². The van der Waals surface area contributed by atoms with E-state index >= 15 is 0 Å². The van der Waals surface area contributed by atoms with E-state index < -0.39 is 0 Å². The van der Waals surface area contributed by atoms with Crippen LogP contribution in [0, 0.1) is 0 Å². The van der Waals surface area contributed by atoms with Crippen LogP contribution in [0.1, 0.15) is 0 Å². The molecular weight excluding hydrogens is 769 g/mol. The Morgan fingerprint density at radius 2 is 0.746 bits per heavy atom. The molecule has 0 saturated carbocycles. The van der Waals surface area contributed by atoms with Crippen LogP contribution in [0.5, 0.6) is 0 Å². The number of benzene rings is 9. The zero-order valence-corrected chi connectivity index (χ0v) is 34.0. The summed E-state index contributed by atoms with van der Waals surface area (Å²) in [5, 5.41) is 7.12. The third-order valence-electron chi connectivity index (χ3n) is 12.5. The number of rotatable bonds is 6. The fourth-order valence-electron chi connectivity index (χ4n) is 9.78. The van der Waals surface area contributed by atoms with Crippen LogP contribution >= 0.6 is 0 Å². The minimum absolute atomic E-state index is 0.615. The van der Waals surface area contributed by atoms with Crippen molar-refractivity contribution in [1.82, 2.24) is 28.7 Å². The first-order chi connectivity index (χ1) is 31.3. The second-order valence-electron chi connectivity index (χ2n) is 16.0. The van der Waals surface area contributed by atoms with Crippen LogP contribution in [-0.4, -0.2) is 28.7 Å². The topological polar surface area (TPSA) is 53.5 Å². The molecule has 0 aliphatic rings. The van der Waals surface area contributed by atoms with Gasteiger partial charge in [-0.1, -0.05) is 158 Å². The van der Waals surface area contributed by atoms with E-state index in [0.717, 1.165) is 72.1 Å². The van der Waals surface area contributed by atoms with Crippen molar-refractivity contribution in [2.45, 2.75) is 0 Å². The van der Waals surface area contributed by atoms with E-state index in [2.05, 4.69) is 196 Å². The highest BCUT2D eigenvalue weighted by atomic mass is 15.1. The second kappa shape index (κ2) is 14.0. The summed E-state index contributed by atoms with van der Waals surface area (Å²) < 4.78 is 7.27. The maximum atomic E-state index is 5.25. The van der Waals surface area contributed by atoms with Gasteiger partial charge < -0.3 is 13.7 Å². The summed E-state index contributed by atoms with van der Waals surface area (Å²) in [6, 6.07) is 77.3. The zero-order chi connectivity index (χ0) is 41.4. The highest BCUT2D eigenvalue weighted by molar-refractivity contribution is 6.27. The number of hydrogen-bond acceptors (Lipinski definition) is 3. The molecule has 6 nitrogen and oxygen atoms in total. The largest absolute Gasteiger partial charge is 0.309 e. The van der Waals surface area contributed by atoms with E-state index in [1.165, 1.54) is 27.1 Å². The van der Waals surface area contributed by atoms with E-state index in [1.54, 1.807) is 0 Å². The molecule has 6 heteroatoms. The van der Waals surface area contributed by atoms with Crippen molar-refractivity contribution in [2.75, 3.05) is 0 Å². The van der Waals surface area contributed by atoms with Gasteiger partial charge in [0.05, 0.1) is 33.1 Å². The van der Waals surface area contributed by atoms with E-state index in [1.807, 2.05) is 36.4 Å². The molecule has 0 amide bonds. The SMILES string of the molecule is c1ccc(-c2nc(-c3ccccc3)nc(-c3cccc4c5c(ccc6c7ccccc7n(-c7ccc8c9ccccc9n(-c9ccccc9)c8c7)c65)n(-c5ccccc5)c34)n2)cc1. The maximum Gasteiger partial charge on any atom is 0.166 e. The predicted octanol–water partition coefficient (Wildman–Crippen LogP) is 14.2. The molecule has 63 heavy (non-hydrogen) atoms. The Kier molecular flexibility index (Phi) is 7.80. The Labute approximate surface area is 362 Å². The lowest BCUT2D eigenvalue weighted by Crippen LogP contribution is -2.02. The first kappa shape index (κ1) is 35.2. The molecule has 0 aliphatic heterocycles. The molecule has 0 saturated heterocycles. The molecule has 4 aromatic heterocycles. The molecule has 13 aromatic rings. The van der Waals surface area contributed by atoms with Gasteiger partial charge >= 0.3 is 0 Å². The lowest BCUT2D eigenvalue weighted by molar-refractivity contribution is 1.07. The number of fused-ring (bicyclic) bond motifs is 10. The van der Waals surface area contributed by atoms with Gasteiger partial charge in [0.15, 0.2) is 17.5 Å². The highest BCUT2D eigenvalue weighted by Crippen LogP contribution is 2.45. The molecular formula is C57H36N6. The van der Waals surface area contributed by atoms with E-state index in [4.69, 9.17) is 15.0 Å². The first-order valence-electron chi connectivity index (χ1n) is 21.3.